The lowest BCUT2D eigenvalue weighted by Gasteiger charge is -2.33. The van der Waals surface area contributed by atoms with Gasteiger partial charge in [-0.05, 0) is 49.2 Å². The van der Waals surface area contributed by atoms with Crippen molar-refractivity contribution in [3.8, 4) is 5.75 Å². The molecule has 33 heavy (non-hydrogen) atoms. The van der Waals surface area contributed by atoms with Gasteiger partial charge in [-0.15, -0.1) is 0 Å². The summed E-state index contributed by atoms with van der Waals surface area (Å²) in [6.45, 7) is 4.91. The summed E-state index contributed by atoms with van der Waals surface area (Å²) in [5.74, 6) is -0.762. The number of hydrazone groups is 1. The Morgan fingerprint density at radius 3 is 2.27 bits per heavy atom. The summed E-state index contributed by atoms with van der Waals surface area (Å²) in [7, 11) is 1.61. The summed E-state index contributed by atoms with van der Waals surface area (Å²) < 4.78 is 5.24. The van der Waals surface area contributed by atoms with Crippen LogP contribution in [-0.2, 0) is 14.4 Å². The molecule has 3 amide bonds. The van der Waals surface area contributed by atoms with E-state index in [2.05, 4.69) is 5.10 Å². The van der Waals surface area contributed by atoms with Crippen LogP contribution < -0.4 is 4.74 Å². The van der Waals surface area contributed by atoms with Crippen LogP contribution in [0.3, 0.4) is 0 Å². The van der Waals surface area contributed by atoms with Crippen LogP contribution in [0, 0.1) is 6.92 Å². The molecule has 2 aromatic rings. The molecule has 1 unspecified atom stereocenters. The van der Waals surface area contributed by atoms with Gasteiger partial charge in [0.15, 0.2) is 0 Å². The lowest BCUT2D eigenvalue weighted by atomic mass is 9.97. The first-order valence-electron chi connectivity index (χ1n) is 11.1. The number of amides is 3. The zero-order chi connectivity index (χ0) is 23.5. The fraction of sp³-hybridized carbons (Fsp3) is 0.360. The Morgan fingerprint density at radius 1 is 1.00 bits per heavy atom. The van der Waals surface area contributed by atoms with E-state index in [4.69, 9.17) is 4.74 Å². The summed E-state index contributed by atoms with van der Waals surface area (Å²) in [5.41, 5.74) is 3.80. The predicted octanol–water partition coefficient (Wildman–Crippen LogP) is 2.37. The first kappa shape index (κ1) is 22.5. The Morgan fingerprint density at radius 2 is 1.64 bits per heavy atom. The van der Waals surface area contributed by atoms with Crippen LogP contribution in [0.5, 0.6) is 5.75 Å². The summed E-state index contributed by atoms with van der Waals surface area (Å²) in [4.78, 5) is 40.9. The van der Waals surface area contributed by atoms with E-state index in [1.165, 1.54) is 14.8 Å². The third-order valence-electron chi connectivity index (χ3n) is 6.16. The number of hydrogen-bond acceptors (Lipinski definition) is 5. The topological polar surface area (TPSA) is 82.5 Å². The molecule has 2 aliphatic rings. The zero-order valence-electron chi connectivity index (χ0n) is 19.2. The number of methoxy groups -OCH3 is 1. The molecule has 2 aromatic carbocycles. The van der Waals surface area contributed by atoms with Gasteiger partial charge in [-0.2, -0.15) is 5.10 Å². The highest BCUT2D eigenvalue weighted by Gasteiger charge is 2.37. The molecule has 0 aromatic heterocycles. The molecule has 1 atom stereocenters. The van der Waals surface area contributed by atoms with Crippen molar-refractivity contribution in [1.29, 1.82) is 0 Å². The molecule has 0 radical (unpaired) electrons. The zero-order valence-corrected chi connectivity index (χ0v) is 19.2. The van der Waals surface area contributed by atoms with Crippen molar-refractivity contribution in [1.82, 2.24) is 14.8 Å². The van der Waals surface area contributed by atoms with Crippen LogP contribution in [0.2, 0.25) is 0 Å². The number of nitrogens with zero attached hydrogens (tertiary/aromatic N) is 4. The Balaban J connectivity index is 1.58. The van der Waals surface area contributed by atoms with Crippen LogP contribution in [0.1, 0.15) is 36.1 Å². The second-order valence-corrected chi connectivity index (χ2v) is 8.26. The van der Waals surface area contributed by atoms with E-state index >= 15 is 0 Å². The molecule has 4 rings (SSSR count). The lowest BCUT2D eigenvalue weighted by molar-refractivity contribution is -0.157. The molecular formula is C25H28N4O4. The summed E-state index contributed by atoms with van der Waals surface area (Å²) in [6, 6.07) is 15.3. The van der Waals surface area contributed by atoms with Gasteiger partial charge in [0.25, 0.3) is 5.91 Å². The van der Waals surface area contributed by atoms with E-state index in [0.29, 0.717) is 26.1 Å². The number of likely N-dealkylation sites (N-methyl/N-ethyl adjacent to an activating group) is 1. The van der Waals surface area contributed by atoms with Gasteiger partial charge in [0.1, 0.15) is 12.3 Å². The monoisotopic (exact) mass is 448 g/mol. The Labute approximate surface area is 193 Å². The average Bonchev–Trinajstić information content (AvgIpc) is 3.28. The molecule has 0 N–H and O–H groups in total. The van der Waals surface area contributed by atoms with Crippen molar-refractivity contribution in [2.45, 2.75) is 26.3 Å². The molecule has 8 nitrogen and oxygen atoms in total. The molecule has 8 heteroatoms. The molecule has 2 heterocycles. The SMILES string of the molecule is CCN1CCN(CC(=O)N2N=C(c3ccc(OC)cc3)CC2c2ccc(C)cc2)C(=O)C1=O. The van der Waals surface area contributed by atoms with Crippen molar-refractivity contribution >= 4 is 23.4 Å². The van der Waals surface area contributed by atoms with Crippen molar-refractivity contribution in [2.75, 3.05) is 33.3 Å². The first-order chi connectivity index (χ1) is 15.9. The maximum atomic E-state index is 13.3. The molecule has 2 aliphatic heterocycles. The number of piperazine rings is 1. The van der Waals surface area contributed by atoms with E-state index in [1.807, 2.05) is 62.4 Å². The number of ether oxygens (including phenoxy) is 1. The van der Waals surface area contributed by atoms with Gasteiger partial charge in [-0.1, -0.05) is 29.8 Å². The Bertz CT molecular complexity index is 1080. The van der Waals surface area contributed by atoms with Crippen molar-refractivity contribution < 1.29 is 19.1 Å². The second-order valence-electron chi connectivity index (χ2n) is 8.26. The minimum Gasteiger partial charge on any atom is -0.497 e. The number of benzene rings is 2. The van der Waals surface area contributed by atoms with Crippen LogP contribution in [0.4, 0.5) is 0 Å². The van der Waals surface area contributed by atoms with Gasteiger partial charge in [-0.3, -0.25) is 14.4 Å². The molecule has 1 saturated heterocycles. The van der Waals surface area contributed by atoms with Crippen LogP contribution >= 0.6 is 0 Å². The smallest absolute Gasteiger partial charge is 0.312 e. The predicted molar refractivity (Wildman–Crippen MR) is 124 cm³/mol. The highest BCUT2D eigenvalue weighted by atomic mass is 16.5. The highest BCUT2D eigenvalue weighted by molar-refractivity contribution is 6.35. The number of carbonyl (C=O) groups excluding carboxylic acids is 3. The largest absolute Gasteiger partial charge is 0.497 e. The fourth-order valence-corrected chi connectivity index (χ4v) is 4.15. The van der Waals surface area contributed by atoms with Gasteiger partial charge >= 0.3 is 11.8 Å². The number of aryl methyl sites for hydroxylation is 1. The van der Waals surface area contributed by atoms with Crippen LogP contribution in [0.25, 0.3) is 0 Å². The second kappa shape index (κ2) is 9.44. The van der Waals surface area contributed by atoms with Gasteiger partial charge in [0, 0.05) is 26.1 Å². The van der Waals surface area contributed by atoms with Gasteiger partial charge in [0.05, 0.1) is 18.9 Å². The number of hydrogen-bond donors (Lipinski definition) is 0. The molecule has 0 aliphatic carbocycles. The fourth-order valence-electron chi connectivity index (χ4n) is 4.15. The summed E-state index contributed by atoms with van der Waals surface area (Å²) >= 11 is 0. The van der Waals surface area contributed by atoms with Crippen LogP contribution in [-0.4, -0.2) is 71.5 Å². The molecular weight excluding hydrogens is 420 g/mol. The first-order valence-corrected chi connectivity index (χ1v) is 11.1. The normalized spacial score (nSPS) is 18.6. The molecule has 0 bridgehead atoms. The third-order valence-corrected chi connectivity index (χ3v) is 6.16. The quantitative estimate of drug-likeness (QED) is 0.636. The van der Waals surface area contributed by atoms with Crippen LogP contribution in [0.15, 0.2) is 53.6 Å². The minimum atomic E-state index is -0.637. The maximum absolute atomic E-state index is 13.3. The summed E-state index contributed by atoms with van der Waals surface area (Å²) in [5, 5.41) is 6.13. The van der Waals surface area contributed by atoms with E-state index in [0.717, 1.165) is 28.2 Å². The summed E-state index contributed by atoms with van der Waals surface area (Å²) in [6.07, 6.45) is 0.553. The third kappa shape index (κ3) is 4.60. The molecule has 172 valence electrons. The van der Waals surface area contributed by atoms with Crippen molar-refractivity contribution in [3.05, 3.63) is 65.2 Å². The van der Waals surface area contributed by atoms with E-state index in [9.17, 15) is 14.4 Å². The van der Waals surface area contributed by atoms with Gasteiger partial charge in [-0.25, -0.2) is 5.01 Å². The van der Waals surface area contributed by atoms with Crippen molar-refractivity contribution in [2.24, 2.45) is 5.10 Å². The Hall–Kier alpha value is -3.68. The minimum absolute atomic E-state index is 0.177. The number of carbonyl (C=O) groups is 3. The van der Waals surface area contributed by atoms with Crippen molar-refractivity contribution in [3.63, 3.8) is 0 Å². The average molecular weight is 449 g/mol. The van der Waals surface area contributed by atoms with Gasteiger partial charge in [0.2, 0.25) is 0 Å². The van der Waals surface area contributed by atoms with E-state index in [1.54, 1.807) is 7.11 Å². The molecule has 0 spiro atoms. The van der Waals surface area contributed by atoms with E-state index < -0.39 is 11.8 Å². The molecule has 1 fully saturated rings. The molecule has 0 saturated carbocycles. The number of rotatable bonds is 6. The van der Waals surface area contributed by atoms with Gasteiger partial charge < -0.3 is 14.5 Å². The lowest BCUT2D eigenvalue weighted by Crippen LogP contribution is -2.56. The maximum Gasteiger partial charge on any atom is 0.312 e. The standard InChI is InChI=1S/C25H28N4O4/c1-4-27-13-14-28(25(32)24(27)31)16-23(30)29-22(19-7-5-17(2)6-8-19)15-21(26-29)18-9-11-20(33-3)12-10-18/h5-12,22H,4,13-16H2,1-3H3. The van der Waals surface area contributed by atoms with E-state index in [-0.39, 0.29) is 18.5 Å². The highest BCUT2D eigenvalue weighted by Crippen LogP contribution is 2.33. The Kier molecular flexibility index (Phi) is 6.44.